The Labute approximate surface area is 291 Å². The summed E-state index contributed by atoms with van der Waals surface area (Å²) in [6.07, 6.45) is 3.86. The van der Waals surface area contributed by atoms with Gasteiger partial charge in [0, 0.05) is 43.8 Å². The fourth-order valence-electron chi connectivity index (χ4n) is 6.22. The Hall–Kier alpha value is -5.43. The Kier molecular flexibility index (Phi) is 12.0. The summed E-state index contributed by atoms with van der Waals surface area (Å²) in [4.78, 5) is 42.7. The van der Waals surface area contributed by atoms with Gasteiger partial charge in [-0.25, -0.2) is 4.98 Å². The maximum absolute atomic E-state index is 13.5. The van der Waals surface area contributed by atoms with E-state index in [1.807, 2.05) is 36.4 Å². The van der Waals surface area contributed by atoms with Crippen LogP contribution in [0.2, 0.25) is 0 Å². The molecule has 3 aromatic carbocycles. The number of fused-ring (bicyclic) bond motifs is 3. The number of unbranched alkanes of at least 4 members (excludes halogenated alkanes) is 2. The van der Waals surface area contributed by atoms with E-state index in [-0.39, 0.29) is 23.3 Å². The number of methoxy groups -OCH3 is 4. The molecule has 13 heteroatoms. The van der Waals surface area contributed by atoms with E-state index < -0.39 is 0 Å². The van der Waals surface area contributed by atoms with Crippen molar-refractivity contribution in [1.82, 2.24) is 20.5 Å². The molecule has 0 spiro atoms. The summed E-state index contributed by atoms with van der Waals surface area (Å²) in [5.74, 6) is 2.46. The first-order valence-corrected chi connectivity index (χ1v) is 16.6. The minimum Gasteiger partial charge on any atom is -0.493 e. The number of ether oxygens (including phenoxy) is 4. The summed E-state index contributed by atoms with van der Waals surface area (Å²) < 4.78 is 22.2. The first-order chi connectivity index (χ1) is 24.3. The van der Waals surface area contributed by atoms with Crippen molar-refractivity contribution in [2.75, 3.05) is 45.6 Å². The molecule has 1 aliphatic rings. The Bertz CT molecular complexity index is 1880. The zero-order valence-corrected chi connectivity index (χ0v) is 29.1. The lowest BCUT2D eigenvalue weighted by Gasteiger charge is -2.19. The Morgan fingerprint density at radius 3 is 2.42 bits per heavy atom. The number of aromatic nitrogens is 3. The Morgan fingerprint density at radius 2 is 1.72 bits per heavy atom. The van der Waals surface area contributed by atoms with Gasteiger partial charge < -0.3 is 34.9 Å². The third-order valence-corrected chi connectivity index (χ3v) is 8.55. The smallest absolute Gasteiger partial charge is 0.224 e. The minimum atomic E-state index is -0.379. The lowest BCUT2D eigenvalue weighted by atomic mass is 9.95. The average Bonchev–Trinajstić information content (AvgIpc) is 3.45. The standard InChI is InChI=1S/C37H44N6O7/c1-22(44)39-28-16-12-24-19-31(48-3)35(49-4)36(50-5)34(24)26-15-17-29(30(45)20-27(26)28)38-18-8-6-7-9-33(46)40-25-13-10-23(11-14-25)37-41-32(21-47-2)42-43-37/h10-11,13-15,17,19-20,28H,6-9,12,16,18,21H2,1-5H3,(H,38,45)(H,39,44)(H,40,46)(H,41,42,43)/t28-/m1/s1. The van der Waals surface area contributed by atoms with Crippen LogP contribution in [0.4, 0.5) is 11.4 Å². The van der Waals surface area contributed by atoms with Gasteiger partial charge in [0.25, 0.3) is 0 Å². The predicted molar refractivity (Wildman–Crippen MR) is 191 cm³/mol. The van der Waals surface area contributed by atoms with Crippen molar-refractivity contribution in [3.05, 3.63) is 75.7 Å². The molecule has 0 saturated heterocycles. The van der Waals surface area contributed by atoms with Crippen molar-refractivity contribution < 1.29 is 28.5 Å². The van der Waals surface area contributed by atoms with Crippen LogP contribution in [0.25, 0.3) is 22.5 Å². The molecule has 0 unspecified atom stereocenters. The fourth-order valence-corrected chi connectivity index (χ4v) is 6.22. The van der Waals surface area contributed by atoms with Crippen molar-refractivity contribution in [1.29, 1.82) is 0 Å². The van der Waals surface area contributed by atoms with Crippen LogP contribution in [0.1, 0.15) is 62.0 Å². The number of H-pyrrole nitrogens is 1. The van der Waals surface area contributed by atoms with Gasteiger partial charge >= 0.3 is 0 Å². The Balaban J connectivity index is 1.20. The van der Waals surface area contributed by atoms with Gasteiger partial charge in [-0.05, 0) is 84.8 Å². The number of rotatable bonds is 15. The molecule has 264 valence electrons. The van der Waals surface area contributed by atoms with Crippen molar-refractivity contribution >= 4 is 23.2 Å². The molecule has 0 fully saturated rings. The molecule has 13 nitrogen and oxygen atoms in total. The number of benzene rings is 2. The van der Waals surface area contributed by atoms with Gasteiger partial charge in [-0.2, -0.15) is 5.10 Å². The number of hydrogen-bond donors (Lipinski definition) is 4. The summed E-state index contributed by atoms with van der Waals surface area (Å²) >= 11 is 0. The summed E-state index contributed by atoms with van der Waals surface area (Å²) in [7, 11) is 6.30. The van der Waals surface area contributed by atoms with E-state index in [0.717, 1.165) is 35.1 Å². The van der Waals surface area contributed by atoms with Gasteiger partial charge in [0.15, 0.2) is 23.1 Å². The molecule has 0 saturated carbocycles. The molecule has 1 heterocycles. The molecule has 50 heavy (non-hydrogen) atoms. The summed E-state index contributed by atoms with van der Waals surface area (Å²) in [5, 5.41) is 16.3. The number of carbonyl (C=O) groups excluding carboxylic acids is 2. The maximum atomic E-state index is 13.5. The number of amides is 2. The third-order valence-electron chi connectivity index (χ3n) is 8.55. The summed E-state index contributed by atoms with van der Waals surface area (Å²) in [5.41, 5.74) is 5.03. The van der Waals surface area contributed by atoms with Gasteiger partial charge in [-0.3, -0.25) is 19.5 Å². The molecule has 4 N–H and O–H groups in total. The highest BCUT2D eigenvalue weighted by molar-refractivity contribution is 5.91. The van der Waals surface area contributed by atoms with Crippen LogP contribution in [0.3, 0.4) is 0 Å². The topological polar surface area (TPSA) is 166 Å². The Morgan fingerprint density at radius 1 is 0.940 bits per heavy atom. The van der Waals surface area contributed by atoms with E-state index in [1.54, 1.807) is 40.6 Å². The van der Waals surface area contributed by atoms with Crippen LogP contribution in [0, 0.1) is 0 Å². The van der Waals surface area contributed by atoms with Crippen molar-refractivity contribution in [3.63, 3.8) is 0 Å². The molecule has 5 rings (SSSR count). The van der Waals surface area contributed by atoms with Crippen molar-refractivity contribution in [2.45, 2.75) is 58.1 Å². The molecule has 4 aromatic rings. The highest BCUT2D eigenvalue weighted by atomic mass is 16.5. The number of nitrogens with one attached hydrogen (secondary N) is 4. The minimum absolute atomic E-state index is 0.0666. The predicted octanol–water partition coefficient (Wildman–Crippen LogP) is 5.41. The van der Waals surface area contributed by atoms with E-state index in [4.69, 9.17) is 18.9 Å². The molecular formula is C37H44N6O7. The van der Waals surface area contributed by atoms with Crippen LogP contribution >= 0.6 is 0 Å². The van der Waals surface area contributed by atoms with Gasteiger partial charge in [0.1, 0.15) is 6.61 Å². The zero-order valence-electron chi connectivity index (χ0n) is 29.1. The molecular weight excluding hydrogens is 640 g/mol. The third kappa shape index (κ3) is 8.40. The van der Waals surface area contributed by atoms with Crippen LogP contribution in [-0.4, -0.2) is 62.0 Å². The second-order valence-electron chi connectivity index (χ2n) is 12.0. The maximum Gasteiger partial charge on any atom is 0.224 e. The van der Waals surface area contributed by atoms with Gasteiger partial charge in [0.05, 0.1) is 33.1 Å². The van der Waals surface area contributed by atoms with Crippen molar-refractivity contribution in [2.24, 2.45) is 0 Å². The number of hydrogen-bond acceptors (Lipinski definition) is 10. The lowest BCUT2D eigenvalue weighted by Crippen LogP contribution is -2.26. The molecule has 0 aliphatic heterocycles. The highest BCUT2D eigenvalue weighted by Crippen LogP contribution is 2.50. The fraction of sp³-hybridized carbons (Fsp3) is 0.378. The molecule has 2 amide bonds. The van der Waals surface area contributed by atoms with Crippen molar-refractivity contribution in [3.8, 4) is 39.8 Å². The van der Waals surface area contributed by atoms with Gasteiger partial charge in [-0.1, -0.05) is 12.5 Å². The second kappa shape index (κ2) is 16.8. The van der Waals surface area contributed by atoms with E-state index in [0.29, 0.717) is 84.7 Å². The van der Waals surface area contributed by atoms with E-state index in [2.05, 4.69) is 31.1 Å². The quantitative estimate of drug-likeness (QED) is 0.119. The normalized spacial score (nSPS) is 13.3. The number of anilines is 2. The van der Waals surface area contributed by atoms with Crippen LogP contribution in [0.15, 0.2) is 53.3 Å². The summed E-state index contributed by atoms with van der Waals surface area (Å²) in [6, 6.07) is 14.2. The molecule has 1 aliphatic carbocycles. The van der Waals surface area contributed by atoms with E-state index >= 15 is 0 Å². The van der Waals surface area contributed by atoms with E-state index in [9.17, 15) is 14.4 Å². The van der Waals surface area contributed by atoms with Gasteiger partial charge in [-0.15, -0.1) is 0 Å². The van der Waals surface area contributed by atoms with Crippen LogP contribution in [0.5, 0.6) is 17.2 Å². The number of aryl methyl sites for hydroxylation is 1. The first-order valence-electron chi connectivity index (χ1n) is 16.6. The largest absolute Gasteiger partial charge is 0.493 e. The average molecular weight is 685 g/mol. The second-order valence-corrected chi connectivity index (χ2v) is 12.0. The van der Waals surface area contributed by atoms with E-state index in [1.165, 1.54) is 6.92 Å². The van der Waals surface area contributed by atoms with Crippen LogP contribution < -0.4 is 35.6 Å². The molecule has 1 aromatic heterocycles. The zero-order chi connectivity index (χ0) is 35.6. The molecule has 0 bridgehead atoms. The number of aromatic amines is 1. The SMILES string of the molecule is COCc1nc(-c2ccc(NC(=O)CCCCCNc3ccc4c(cc3=O)[C@H](NC(C)=O)CCc3cc(OC)c(OC)c(OC)c3-4)cc2)n[nH]1. The first kappa shape index (κ1) is 35.9. The monoisotopic (exact) mass is 684 g/mol. The highest BCUT2D eigenvalue weighted by Gasteiger charge is 2.29. The van der Waals surface area contributed by atoms with Crippen LogP contribution in [-0.2, 0) is 27.4 Å². The lowest BCUT2D eigenvalue weighted by molar-refractivity contribution is -0.119. The molecule has 0 radical (unpaired) electrons. The van der Waals surface area contributed by atoms with Gasteiger partial charge in [0.2, 0.25) is 23.0 Å². The number of carbonyl (C=O) groups is 2. The molecule has 1 atom stereocenters. The number of nitrogens with zero attached hydrogens (tertiary/aromatic N) is 2. The summed E-state index contributed by atoms with van der Waals surface area (Å²) in [6.45, 7) is 2.38.